The average molecular weight is 952 g/mol. The van der Waals surface area contributed by atoms with Crippen molar-refractivity contribution in [2.75, 3.05) is 33.2 Å². The molecule has 1 aromatic heterocycles. The monoisotopic (exact) mass is 952 g/mol. The minimum atomic E-state index is -1.27. The molecule has 2 fully saturated rings. The highest BCUT2D eigenvalue weighted by molar-refractivity contribution is 5.98. The lowest BCUT2D eigenvalue weighted by atomic mass is 9.96. The number of carboxylic acid groups (broad SMARTS) is 1. The first-order valence-corrected chi connectivity index (χ1v) is 23.1. The zero-order valence-electron chi connectivity index (χ0n) is 39.4. The Morgan fingerprint density at radius 2 is 1.56 bits per heavy atom. The van der Waals surface area contributed by atoms with Crippen molar-refractivity contribution < 1.29 is 48.6 Å². The lowest BCUT2D eigenvalue weighted by Crippen LogP contribution is -2.61. The van der Waals surface area contributed by atoms with E-state index in [4.69, 9.17) is 11.5 Å². The largest absolute Gasteiger partial charge is 0.480 e. The van der Waals surface area contributed by atoms with Crippen LogP contribution in [0.25, 0.3) is 0 Å². The molecule has 7 amide bonds. The van der Waals surface area contributed by atoms with Crippen LogP contribution in [0.4, 0.5) is 0 Å². The van der Waals surface area contributed by atoms with Crippen LogP contribution in [0.15, 0.2) is 47.8 Å². The Hall–Kier alpha value is -6.62. The second-order valence-corrected chi connectivity index (χ2v) is 17.7. The molecule has 0 radical (unpaired) electrons. The molecule has 68 heavy (non-hydrogen) atoms. The number of benzene rings is 1. The number of hydrogen-bond donors (Lipinski definition) is 11. The summed E-state index contributed by atoms with van der Waals surface area (Å²) in [5.41, 5.74) is 12.0. The zero-order chi connectivity index (χ0) is 50.1. The van der Waals surface area contributed by atoms with Gasteiger partial charge in [0.1, 0.15) is 42.3 Å². The van der Waals surface area contributed by atoms with E-state index in [2.05, 4.69) is 46.9 Å². The molecule has 374 valence electrons. The third-order valence-corrected chi connectivity index (χ3v) is 12.2. The Morgan fingerprint density at radius 3 is 2.18 bits per heavy atom. The number of carbonyl (C=O) groups excluding carboxylic acids is 7. The summed E-state index contributed by atoms with van der Waals surface area (Å²) in [4.78, 5) is 123. The first kappa shape index (κ1) is 54.0. The number of carboxylic acids is 1. The minimum absolute atomic E-state index is 0.0207. The summed E-state index contributed by atoms with van der Waals surface area (Å²) in [6.07, 6.45) is 3.08. The molecule has 2 aliphatic heterocycles. The molecule has 3 heterocycles. The van der Waals surface area contributed by atoms with Gasteiger partial charge in [0.05, 0.1) is 19.0 Å². The molecule has 0 aliphatic carbocycles. The van der Waals surface area contributed by atoms with Crippen molar-refractivity contribution >= 4 is 53.3 Å². The lowest BCUT2D eigenvalue weighted by molar-refractivity contribution is -0.145. The number of aliphatic imine (C=N–C) groups is 1. The predicted octanol–water partition coefficient (Wildman–Crippen LogP) is -2.37. The Labute approximate surface area is 395 Å². The van der Waals surface area contributed by atoms with E-state index < -0.39 is 108 Å². The number of carbonyl (C=O) groups is 8. The fourth-order valence-electron chi connectivity index (χ4n) is 8.28. The van der Waals surface area contributed by atoms with Gasteiger partial charge < -0.3 is 68.4 Å². The number of imidazole rings is 1. The number of nitrogens with one attached hydrogen (secondary N) is 7. The molecule has 1 aromatic carbocycles. The third-order valence-electron chi connectivity index (χ3n) is 12.2. The smallest absolute Gasteiger partial charge is 0.326 e. The molecule has 2 saturated heterocycles. The van der Waals surface area contributed by atoms with E-state index in [1.165, 1.54) is 22.3 Å². The number of aliphatic hydroxyl groups is 1. The average Bonchev–Trinajstić information content (AvgIpc) is 4.09. The second-order valence-electron chi connectivity index (χ2n) is 17.7. The number of nitrogens with two attached hydrogens (primary N) is 2. The summed E-state index contributed by atoms with van der Waals surface area (Å²) in [6, 6.07) is 0.490. The third kappa shape index (κ3) is 15.5. The first-order valence-electron chi connectivity index (χ1n) is 23.1. The van der Waals surface area contributed by atoms with E-state index in [1.54, 1.807) is 65.1 Å². The molecule has 0 spiro atoms. The summed E-state index contributed by atoms with van der Waals surface area (Å²) >= 11 is 0. The molecule has 4 rings (SSSR count). The number of amides is 7. The standard InChI is InChI=1S/C45H69N13O10/c1-6-26(4)37(56-40(63)34-20-29(59)23-58(34)43(66)36(25(2)3)55-38(61)30(52-35(60)22-48-5)14-10-16-50-45(46)47)41(64)53-31(19-28-21-49-24-51-28)42(65)57-17-11-15-33(57)39(62)54-32(44(67)68)18-27-12-8-7-9-13-27/h7-9,12-13,21,24-26,29-34,36-37,48,59H,6,10-11,14-20,22-23H2,1-5H3,(H,49,51)(H,52,60)(H,53,64)(H,54,62)(H,55,61)(H,56,63)(H,67,68)(H4,46,47,50)/t26-,29+,30-,31-,32-,33+,34-,36-,37-/m0/s1. The van der Waals surface area contributed by atoms with Gasteiger partial charge >= 0.3 is 5.97 Å². The summed E-state index contributed by atoms with van der Waals surface area (Å²) in [5.74, 6) is -6.92. The van der Waals surface area contributed by atoms with Crippen LogP contribution in [0.5, 0.6) is 0 Å². The molecule has 0 unspecified atom stereocenters. The summed E-state index contributed by atoms with van der Waals surface area (Å²) < 4.78 is 0. The van der Waals surface area contributed by atoms with Crippen LogP contribution in [0.2, 0.25) is 0 Å². The molecular weight excluding hydrogens is 883 g/mol. The molecule has 0 saturated carbocycles. The van der Waals surface area contributed by atoms with Crippen molar-refractivity contribution in [2.45, 2.75) is 127 Å². The van der Waals surface area contributed by atoms with Gasteiger partial charge in [0, 0.05) is 50.8 Å². The maximum atomic E-state index is 14.4. The van der Waals surface area contributed by atoms with Gasteiger partial charge in [-0.05, 0) is 50.1 Å². The van der Waals surface area contributed by atoms with Gasteiger partial charge in [-0.25, -0.2) is 9.78 Å². The minimum Gasteiger partial charge on any atom is -0.480 e. The van der Waals surface area contributed by atoms with Crippen molar-refractivity contribution in [3.8, 4) is 0 Å². The Balaban J connectivity index is 1.52. The van der Waals surface area contributed by atoms with E-state index in [9.17, 15) is 48.6 Å². The Kier molecular flexibility index (Phi) is 20.7. The van der Waals surface area contributed by atoms with Crippen LogP contribution in [0, 0.1) is 11.8 Å². The van der Waals surface area contributed by atoms with E-state index in [-0.39, 0.29) is 64.2 Å². The summed E-state index contributed by atoms with van der Waals surface area (Å²) in [6.45, 7) is 6.94. The number of likely N-dealkylation sites (tertiary alicyclic amines) is 2. The molecule has 2 aliphatic rings. The number of aromatic nitrogens is 2. The number of aliphatic hydroxyl groups excluding tert-OH is 1. The molecule has 9 atom stereocenters. The zero-order valence-corrected chi connectivity index (χ0v) is 39.4. The van der Waals surface area contributed by atoms with Gasteiger partial charge in [0.25, 0.3) is 0 Å². The number of β-amino-alcohol motifs (C(OH)–C–C–N with tert-alkyl or cyclic N) is 1. The maximum absolute atomic E-state index is 14.4. The van der Waals surface area contributed by atoms with Gasteiger partial charge in [-0.1, -0.05) is 64.4 Å². The predicted molar refractivity (Wildman–Crippen MR) is 249 cm³/mol. The molecule has 2 aromatic rings. The summed E-state index contributed by atoms with van der Waals surface area (Å²) in [7, 11) is 1.57. The molecule has 23 heteroatoms. The lowest BCUT2D eigenvalue weighted by Gasteiger charge is -2.33. The van der Waals surface area contributed by atoms with E-state index in [0.717, 1.165) is 0 Å². The van der Waals surface area contributed by atoms with Crippen LogP contribution in [-0.4, -0.2) is 165 Å². The second kappa shape index (κ2) is 26.1. The van der Waals surface area contributed by atoms with Crippen LogP contribution in [-0.2, 0) is 51.2 Å². The number of guanidine groups is 1. The highest BCUT2D eigenvalue weighted by Gasteiger charge is 2.45. The number of nitrogens with zero attached hydrogens (tertiary/aromatic N) is 4. The SMILES string of the molecule is CC[C@H](C)[C@H](NC(=O)[C@@H]1C[C@@H](O)CN1C(=O)[C@@H](NC(=O)[C@H](CCCN=C(N)N)NC(=O)CNC)C(C)C)C(=O)N[C@@H](Cc1cnc[nH]1)C(=O)N1CCC[C@@H]1C(=O)N[C@@H](Cc1ccccc1)C(=O)O. The van der Waals surface area contributed by atoms with Crippen LogP contribution in [0.1, 0.15) is 77.5 Å². The van der Waals surface area contributed by atoms with Crippen LogP contribution in [0.3, 0.4) is 0 Å². The number of hydrogen-bond acceptors (Lipinski definition) is 12. The van der Waals surface area contributed by atoms with Gasteiger partial charge in [0.15, 0.2) is 5.96 Å². The first-order chi connectivity index (χ1) is 32.3. The fourth-order valence-corrected chi connectivity index (χ4v) is 8.28. The van der Waals surface area contributed by atoms with Gasteiger partial charge in [0.2, 0.25) is 41.4 Å². The Morgan fingerprint density at radius 1 is 0.853 bits per heavy atom. The van der Waals surface area contributed by atoms with Crippen molar-refractivity contribution in [2.24, 2.45) is 28.3 Å². The van der Waals surface area contributed by atoms with Gasteiger partial charge in [-0.15, -0.1) is 0 Å². The van der Waals surface area contributed by atoms with E-state index >= 15 is 0 Å². The number of aliphatic carboxylic acids is 1. The van der Waals surface area contributed by atoms with Crippen molar-refractivity contribution in [3.63, 3.8) is 0 Å². The van der Waals surface area contributed by atoms with Gasteiger partial charge in [-0.2, -0.15) is 0 Å². The quantitative estimate of drug-likeness (QED) is 0.0282. The van der Waals surface area contributed by atoms with E-state index in [0.29, 0.717) is 30.5 Å². The Bertz CT molecular complexity index is 2070. The van der Waals surface area contributed by atoms with Crippen molar-refractivity contribution in [3.05, 3.63) is 54.1 Å². The van der Waals surface area contributed by atoms with Gasteiger partial charge in [-0.3, -0.25) is 38.6 Å². The van der Waals surface area contributed by atoms with E-state index in [1.807, 2.05) is 0 Å². The number of likely N-dealkylation sites (N-methyl/N-ethyl adjacent to an activating group) is 1. The fraction of sp³-hybridized carbons (Fsp3) is 0.600. The highest BCUT2D eigenvalue weighted by Crippen LogP contribution is 2.24. The number of aromatic amines is 1. The molecular formula is C45H69N13O10. The molecule has 13 N–H and O–H groups in total. The highest BCUT2D eigenvalue weighted by atomic mass is 16.4. The molecule has 0 bridgehead atoms. The topological polar surface area (TPSA) is 349 Å². The van der Waals surface area contributed by atoms with Crippen molar-refractivity contribution in [1.29, 1.82) is 0 Å². The number of rotatable bonds is 25. The molecule has 23 nitrogen and oxygen atoms in total. The van der Waals surface area contributed by atoms with Crippen LogP contribution < -0.4 is 43.4 Å². The van der Waals surface area contributed by atoms with Crippen LogP contribution >= 0.6 is 0 Å². The normalized spacial score (nSPS) is 19.4. The number of H-pyrrole nitrogens is 1. The maximum Gasteiger partial charge on any atom is 0.326 e. The van der Waals surface area contributed by atoms with Crippen molar-refractivity contribution in [1.82, 2.24) is 51.7 Å². The summed E-state index contributed by atoms with van der Waals surface area (Å²) in [5, 5.41) is 37.1.